The highest BCUT2D eigenvalue weighted by atomic mass is 35.5. The molecule has 1 aromatic carbocycles. The standard InChI is InChI=1S/C18H28N2O2.ClH/c1-2-3-13-22-17-8-6-7-16(14-17)9-10-19-15-18(21)20-11-4-5-12-20;/h6-8,14,19H,2-5,9-13,15H2,1H3;1H. The van der Waals surface area contributed by atoms with Crippen LogP contribution in [0.3, 0.4) is 0 Å². The Hall–Kier alpha value is -1.26. The number of benzene rings is 1. The van der Waals surface area contributed by atoms with Crippen molar-refractivity contribution in [3.8, 4) is 5.75 Å². The molecule has 1 aliphatic rings. The lowest BCUT2D eigenvalue weighted by Crippen LogP contribution is -2.36. The van der Waals surface area contributed by atoms with Gasteiger partial charge in [0.05, 0.1) is 13.2 Å². The summed E-state index contributed by atoms with van der Waals surface area (Å²) in [6.07, 6.45) is 5.45. The van der Waals surface area contributed by atoms with Crippen molar-refractivity contribution in [2.45, 2.75) is 39.0 Å². The summed E-state index contributed by atoms with van der Waals surface area (Å²) in [6.45, 7) is 6.07. The van der Waals surface area contributed by atoms with Crippen molar-refractivity contribution in [2.24, 2.45) is 0 Å². The SMILES string of the molecule is CCCCOc1cccc(CCNCC(=O)N2CCCC2)c1.Cl. The van der Waals surface area contributed by atoms with E-state index in [-0.39, 0.29) is 18.3 Å². The van der Waals surface area contributed by atoms with Gasteiger partial charge in [-0.3, -0.25) is 4.79 Å². The van der Waals surface area contributed by atoms with Gasteiger partial charge in [-0.15, -0.1) is 12.4 Å². The first-order valence-electron chi connectivity index (χ1n) is 8.50. The van der Waals surface area contributed by atoms with Crippen molar-refractivity contribution in [1.82, 2.24) is 10.2 Å². The average Bonchev–Trinajstić information content (AvgIpc) is 3.07. The molecule has 0 atom stereocenters. The Labute approximate surface area is 146 Å². The van der Waals surface area contributed by atoms with Crippen molar-refractivity contribution >= 4 is 18.3 Å². The van der Waals surface area contributed by atoms with Crippen LogP contribution in [-0.2, 0) is 11.2 Å². The first-order valence-corrected chi connectivity index (χ1v) is 8.50. The number of rotatable bonds is 9. The van der Waals surface area contributed by atoms with Crippen LogP contribution in [0.4, 0.5) is 0 Å². The molecular formula is C18H29ClN2O2. The lowest BCUT2D eigenvalue weighted by atomic mass is 10.1. The van der Waals surface area contributed by atoms with E-state index in [1.165, 1.54) is 5.56 Å². The van der Waals surface area contributed by atoms with E-state index >= 15 is 0 Å². The summed E-state index contributed by atoms with van der Waals surface area (Å²) in [4.78, 5) is 13.9. The molecule has 0 aromatic heterocycles. The Bertz CT molecular complexity index is 462. The maximum absolute atomic E-state index is 11.9. The molecule has 0 spiro atoms. The number of likely N-dealkylation sites (tertiary alicyclic amines) is 1. The second kappa shape index (κ2) is 11.3. The van der Waals surface area contributed by atoms with Crippen LogP contribution in [0.25, 0.3) is 0 Å². The molecule has 1 saturated heterocycles. The van der Waals surface area contributed by atoms with E-state index in [0.29, 0.717) is 6.54 Å². The maximum Gasteiger partial charge on any atom is 0.236 e. The van der Waals surface area contributed by atoms with Crippen molar-refractivity contribution in [2.75, 3.05) is 32.8 Å². The van der Waals surface area contributed by atoms with Crippen molar-refractivity contribution in [3.05, 3.63) is 29.8 Å². The fourth-order valence-corrected chi connectivity index (χ4v) is 2.63. The smallest absolute Gasteiger partial charge is 0.236 e. The molecule has 0 saturated carbocycles. The summed E-state index contributed by atoms with van der Waals surface area (Å²) in [5.74, 6) is 1.17. The number of nitrogens with zero attached hydrogens (tertiary/aromatic N) is 1. The summed E-state index contributed by atoms with van der Waals surface area (Å²) in [7, 11) is 0. The minimum absolute atomic E-state index is 0. The largest absolute Gasteiger partial charge is 0.494 e. The normalized spacial score (nSPS) is 13.7. The number of unbranched alkanes of at least 4 members (excludes halogenated alkanes) is 1. The maximum atomic E-state index is 11.9. The highest BCUT2D eigenvalue weighted by molar-refractivity contribution is 5.85. The fraction of sp³-hybridized carbons (Fsp3) is 0.611. The highest BCUT2D eigenvalue weighted by Crippen LogP contribution is 2.14. The summed E-state index contributed by atoms with van der Waals surface area (Å²) < 4.78 is 5.72. The van der Waals surface area contributed by atoms with Crippen LogP contribution in [-0.4, -0.2) is 43.6 Å². The topological polar surface area (TPSA) is 41.6 Å². The number of carbonyl (C=O) groups excluding carboxylic acids is 1. The molecule has 1 fully saturated rings. The second-order valence-electron chi connectivity index (χ2n) is 5.86. The molecule has 5 heteroatoms. The molecule has 1 heterocycles. The summed E-state index contributed by atoms with van der Waals surface area (Å²) in [5.41, 5.74) is 1.25. The van der Waals surface area contributed by atoms with E-state index in [4.69, 9.17) is 4.74 Å². The van der Waals surface area contributed by atoms with Gasteiger partial charge >= 0.3 is 0 Å². The molecule has 1 amide bonds. The second-order valence-corrected chi connectivity index (χ2v) is 5.86. The Balaban J connectivity index is 0.00000264. The number of hydrogen-bond donors (Lipinski definition) is 1. The van der Waals surface area contributed by atoms with Crippen LogP contribution >= 0.6 is 12.4 Å². The number of nitrogens with one attached hydrogen (secondary N) is 1. The molecular weight excluding hydrogens is 312 g/mol. The van der Waals surface area contributed by atoms with E-state index in [1.807, 2.05) is 17.0 Å². The van der Waals surface area contributed by atoms with E-state index in [1.54, 1.807) is 0 Å². The molecule has 4 nitrogen and oxygen atoms in total. The molecule has 0 aliphatic carbocycles. The number of hydrogen-bond acceptors (Lipinski definition) is 3. The van der Waals surface area contributed by atoms with Gasteiger partial charge in [0.15, 0.2) is 0 Å². The van der Waals surface area contributed by atoms with Crippen molar-refractivity contribution in [1.29, 1.82) is 0 Å². The van der Waals surface area contributed by atoms with Crippen molar-refractivity contribution in [3.63, 3.8) is 0 Å². The molecule has 0 radical (unpaired) electrons. The zero-order valence-electron chi connectivity index (χ0n) is 14.1. The van der Waals surface area contributed by atoms with Crippen LogP contribution in [0.2, 0.25) is 0 Å². The van der Waals surface area contributed by atoms with E-state index in [2.05, 4.69) is 24.4 Å². The van der Waals surface area contributed by atoms with Gasteiger partial charge in [0.2, 0.25) is 5.91 Å². The van der Waals surface area contributed by atoms with Crippen LogP contribution in [0.5, 0.6) is 5.75 Å². The first kappa shape index (κ1) is 19.8. The van der Waals surface area contributed by atoms with Crippen LogP contribution in [0.15, 0.2) is 24.3 Å². The Kier molecular flexibility index (Phi) is 9.72. The minimum Gasteiger partial charge on any atom is -0.494 e. The van der Waals surface area contributed by atoms with Gasteiger partial charge in [0, 0.05) is 13.1 Å². The number of amides is 1. The molecule has 0 unspecified atom stereocenters. The summed E-state index contributed by atoms with van der Waals surface area (Å²) >= 11 is 0. The summed E-state index contributed by atoms with van der Waals surface area (Å²) in [5, 5.41) is 3.25. The van der Waals surface area contributed by atoms with Gasteiger partial charge in [-0.2, -0.15) is 0 Å². The molecule has 0 bridgehead atoms. The molecule has 1 N–H and O–H groups in total. The van der Waals surface area contributed by atoms with Gasteiger partial charge in [-0.1, -0.05) is 25.5 Å². The summed E-state index contributed by atoms with van der Waals surface area (Å²) in [6, 6.07) is 8.24. The Morgan fingerprint density at radius 1 is 1.30 bits per heavy atom. The quantitative estimate of drug-likeness (QED) is 0.702. The molecule has 1 aromatic rings. The predicted octanol–water partition coefficient (Wildman–Crippen LogP) is 3.04. The molecule has 2 rings (SSSR count). The van der Waals surface area contributed by atoms with Gasteiger partial charge in [-0.05, 0) is 49.9 Å². The van der Waals surface area contributed by atoms with E-state index in [9.17, 15) is 4.79 Å². The van der Waals surface area contributed by atoms with Crippen LogP contribution in [0, 0.1) is 0 Å². The zero-order valence-corrected chi connectivity index (χ0v) is 14.9. The molecule has 23 heavy (non-hydrogen) atoms. The number of halogens is 1. The van der Waals surface area contributed by atoms with Crippen LogP contribution < -0.4 is 10.1 Å². The Morgan fingerprint density at radius 2 is 2.09 bits per heavy atom. The predicted molar refractivity (Wildman–Crippen MR) is 96.5 cm³/mol. The first-order chi connectivity index (χ1) is 10.8. The third-order valence-electron chi connectivity index (χ3n) is 3.99. The third-order valence-corrected chi connectivity index (χ3v) is 3.99. The van der Waals surface area contributed by atoms with E-state index < -0.39 is 0 Å². The average molecular weight is 341 g/mol. The number of carbonyl (C=O) groups is 1. The van der Waals surface area contributed by atoms with Crippen LogP contribution in [0.1, 0.15) is 38.2 Å². The van der Waals surface area contributed by atoms with Gasteiger partial charge in [-0.25, -0.2) is 0 Å². The lowest BCUT2D eigenvalue weighted by Gasteiger charge is -2.15. The third kappa shape index (κ3) is 7.23. The lowest BCUT2D eigenvalue weighted by molar-refractivity contribution is -0.129. The Morgan fingerprint density at radius 3 is 2.83 bits per heavy atom. The van der Waals surface area contributed by atoms with Gasteiger partial charge in [0.1, 0.15) is 5.75 Å². The molecule has 1 aliphatic heterocycles. The van der Waals surface area contributed by atoms with Crippen molar-refractivity contribution < 1.29 is 9.53 Å². The van der Waals surface area contributed by atoms with Gasteiger partial charge < -0.3 is 15.0 Å². The highest BCUT2D eigenvalue weighted by Gasteiger charge is 2.16. The fourth-order valence-electron chi connectivity index (χ4n) is 2.63. The zero-order chi connectivity index (χ0) is 15.6. The minimum atomic E-state index is 0. The number of ether oxygens (including phenoxy) is 1. The van der Waals surface area contributed by atoms with Gasteiger partial charge in [0.25, 0.3) is 0 Å². The van der Waals surface area contributed by atoms with E-state index in [0.717, 1.165) is 64.1 Å². The molecule has 130 valence electrons. The monoisotopic (exact) mass is 340 g/mol.